The predicted octanol–water partition coefficient (Wildman–Crippen LogP) is 2.20. The van der Waals surface area contributed by atoms with Crippen molar-refractivity contribution in [3.05, 3.63) is 24.3 Å². The van der Waals surface area contributed by atoms with Gasteiger partial charge < -0.3 is 15.2 Å². The monoisotopic (exact) mass is 233 g/mol. The average molecular weight is 233 g/mol. The molecule has 1 aliphatic heterocycles. The van der Waals surface area contributed by atoms with Gasteiger partial charge in [-0.15, -0.1) is 0 Å². The fourth-order valence-electron chi connectivity index (χ4n) is 3.07. The van der Waals surface area contributed by atoms with Crippen molar-refractivity contribution >= 4 is 0 Å². The third kappa shape index (κ3) is 1.45. The van der Waals surface area contributed by atoms with E-state index in [9.17, 15) is 0 Å². The summed E-state index contributed by atoms with van der Waals surface area (Å²) in [5, 5.41) is 0. The van der Waals surface area contributed by atoms with Crippen LogP contribution in [0.2, 0.25) is 0 Å². The summed E-state index contributed by atoms with van der Waals surface area (Å²) in [6.07, 6.45) is 1.20. The highest BCUT2D eigenvalue weighted by molar-refractivity contribution is 5.41. The van der Waals surface area contributed by atoms with Crippen molar-refractivity contribution in [3.8, 4) is 11.5 Å². The van der Waals surface area contributed by atoms with Crippen LogP contribution < -0.4 is 15.2 Å². The largest absolute Gasteiger partial charge is 0.486 e. The lowest BCUT2D eigenvalue weighted by atomic mass is 9.89. The number of hydrogen-bond donors (Lipinski definition) is 1. The molecule has 1 aromatic rings. The van der Waals surface area contributed by atoms with Crippen LogP contribution in [0.5, 0.6) is 11.5 Å². The highest BCUT2D eigenvalue weighted by Crippen LogP contribution is 2.65. The maximum Gasteiger partial charge on any atom is 0.161 e. The fraction of sp³-hybridized carbons (Fsp3) is 0.571. The molecule has 3 heteroatoms. The Morgan fingerprint density at radius 2 is 1.94 bits per heavy atom. The van der Waals surface area contributed by atoms with E-state index >= 15 is 0 Å². The van der Waals surface area contributed by atoms with Gasteiger partial charge in [-0.3, -0.25) is 0 Å². The number of ether oxygens (including phenoxy) is 2. The third-order valence-corrected chi connectivity index (χ3v) is 4.47. The predicted molar refractivity (Wildman–Crippen MR) is 66.2 cm³/mol. The molecule has 1 fully saturated rings. The summed E-state index contributed by atoms with van der Waals surface area (Å²) >= 11 is 0. The normalized spacial score (nSPS) is 33.2. The van der Waals surface area contributed by atoms with Crippen LogP contribution in [0.15, 0.2) is 24.3 Å². The highest BCUT2D eigenvalue weighted by atomic mass is 16.6. The van der Waals surface area contributed by atoms with E-state index in [1.165, 1.54) is 0 Å². The van der Waals surface area contributed by atoms with Gasteiger partial charge in [0.15, 0.2) is 11.5 Å². The molecule has 0 amide bonds. The highest BCUT2D eigenvalue weighted by Gasteiger charge is 2.66. The molecule has 2 N–H and O–H groups in total. The van der Waals surface area contributed by atoms with Crippen molar-refractivity contribution in [1.82, 2.24) is 0 Å². The summed E-state index contributed by atoms with van der Waals surface area (Å²) in [6.45, 7) is 5.78. The second-order valence-corrected chi connectivity index (χ2v) is 5.79. The molecule has 0 radical (unpaired) electrons. The molecule has 3 nitrogen and oxygen atoms in total. The van der Waals surface area contributed by atoms with Crippen LogP contribution in [-0.2, 0) is 0 Å². The molecule has 1 saturated carbocycles. The van der Waals surface area contributed by atoms with Crippen molar-refractivity contribution in [3.63, 3.8) is 0 Å². The second kappa shape index (κ2) is 3.39. The van der Waals surface area contributed by atoms with Gasteiger partial charge in [0.1, 0.15) is 12.7 Å². The van der Waals surface area contributed by atoms with Gasteiger partial charge in [0.2, 0.25) is 0 Å². The van der Waals surface area contributed by atoms with Crippen LogP contribution in [-0.4, -0.2) is 19.3 Å². The molecule has 2 unspecified atom stereocenters. The number of fused-ring (bicyclic) bond motifs is 1. The van der Waals surface area contributed by atoms with Gasteiger partial charge in [-0.05, 0) is 24.0 Å². The Morgan fingerprint density at radius 3 is 2.53 bits per heavy atom. The molecule has 1 aliphatic carbocycles. The summed E-state index contributed by atoms with van der Waals surface area (Å²) in [7, 11) is 0. The van der Waals surface area contributed by atoms with E-state index in [0.717, 1.165) is 17.9 Å². The van der Waals surface area contributed by atoms with E-state index in [2.05, 4.69) is 13.8 Å². The molecule has 92 valence electrons. The van der Waals surface area contributed by atoms with Crippen LogP contribution in [0, 0.1) is 10.8 Å². The molecular formula is C14H19NO2. The maximum atomic E-state index is 6.08. The van der Waals surface area contributed by atoms with Crippen molar-refractivity contribution < 1.29 is 9.47 Å². The maximum absolute atomic E-state index is 6.08. The van der Waals surface area contributed by atoms with E-state index < -0.39 is 0 Å². The van der Waals surface area contributed by atoms with Gasteiger partial charge in [-0.2, -0.15) is 0 Å². The van der Waals surface area contributed by atoms with Gasteiger partial charge in [0.25, 0.3) is 0 Å². The Bertz CT molecular complexity index is 444. The zero-order valence-electron chi connectivity index (χ0n) is 10.4. The summed E-state index contributed by atoms with van der Waals surface area (Å²) < 4.78 is 11.9. The molecule has 1 heterocycles. The Labute approximate surface area is 102 Å². The van der Waals surface area contributed by atoms with E-state index in [1.807, 2.05) is 24.3 Å². The SMILES string of the molecule is CC1(C)CC1(CN)C1COc2ccccc2O1. The molecule has 1 aromatic carbocycles. The smallest absolute Gasteiger partial charge is 0.161 e. The van der Waals surface area contributed by atoms with E-state index in [1.54, 1.807) is 0 Å². The Balaban J connectivity index is 1.86. The molecule has 2 atom stereocenters. The zero-order valence-corrected chi connectivity index (χ0v) is 10.4. The average Bonchev–Trinajstić information content (AvgIpc) is 2.92. The standard InChI is InChI=1S/C14H19NO2/c1-13(2)8-14(13,9-15)12-7-16-10-5-3-4-6-11(10)17-12/h3-6,12H,7-9,15H2,1-2H3. The van der Waals surface area contributed by atoms with Crippen molar-refractivity contribution in [2.75, 3.05) is 13.2 Å². The first kappa shape index (κ1) is 10.9. The van der Waals surface area contributed by atoms with Crippen molar-refractivity contribution in [1.29, 1.82) is 0 Å². The van der Waals surface area contributed by atoms with Crippen molar-refractivity contribution in [2.45, 2.75) is 26.4 Å². The van der Waals surface area contributed by atoms with Gasteiger partial charge in [-0.25, -0.2) is 0 Å². The van der Waals surface area contributed by atoms with Gasteiger partial charge in [0, 0.05) is 12.0 Å². The Kier molecular flexibility index (Phi) is 2.17. The second-order valence-electron chi connectivity index (χ2n) is 5.79. The minimum atomic E-state index is 0.0809. The molecule has 3 rings (SSSR count). The summed E-state index contributed by atoms with van der Waals surface area (Å²) in [5.41, 5.74) is 6.31. The Morgan fingerprint density at radius 1 is 1.29 bits per heavy atom. The minimum absolute atomic E-state index is 0.0809. The third-order valence-electron chi connectivity index (χ3n) is 4.47. The Hall–Kier alpha value is -1.22. The number of nitrogens with two attached hydrogens (primary N) is 1. The molecule has 17 heavy (non-hydrogen) atoms. The van der Waals surface area contributed by atoms with Gasteiger partial charge >= 0.3 is 0 Å². The van der Waals surface area contributed by atoms with Crippen LogP contribution in [0.3, 0.4) is 0 Å². The first-order valence-corrected chi connectivity index (χ1v) is 6.18. The zero-order chi connectivity index (χ0) is 12.1. The molecule has 0 spiro atoms. The number of rotatable bonds is 2. The van der Waals surface area contributed by atoms with Crippen LogP contribution in [0.1, 0.15) is 20.3 Å². The van der Waals surface area contributed by atoms with Crippen LogP contribution in [0.25, 0.3) is 0 Å². The first-order chi connectivity index (χ1) is 8.09. The van der Waals surface area contributed by atoms with Crippen molar-refractivity contribution in [2.24, 2.45) is 16.6 Å². The molecule has 2 aliphatic rings. The van der Waals surface area contributed by atoms with E-state index in [-0.39, 0.29) is 16.9 Å². The summed E-state index contributed by atoms with van der Waals surface area (Å²) in [4.78, 5) is 0. The number of benzene rings is 1. The van der Waals surface area contributed by atoms with E-state index in [4.69, 9.17) is 15.2 Å². The fourth-order valence-corrected chi connectivity index (χ4v) is 3.07. The quantitative estimate of drug-likeness (QED) is 0.851. The molecule has 0 aromatic heterocycles. The lowest BCUT2D eigenvalue weighted by Gasteiger charge is -2.34. The minimum Gasteiger partial charge on any atom is -0.486 e. The number of hydrogen-bond acceptors (Lipinski definition) is 3. The summed E-state index contributed by atoms with van der Waals surface area (Å²) in [6, 6.07) is 7.83. The van der Waals surface area contributed by atoms with Crippen LogP contribution >= 0.6 is 0 Å². The lowest BCUT2D eigenvalue weighted by molar-refractivity contribution is 0.0256. The van der Waals surface area contributed by atoms with Gasteiger partial charge in [0.05, 0.1) is 0 Å². The topological polar surface area (TPSA) is 44.5 Å². The van der Waals surface area contributed by atoms with Gasteiger partial charge in [-0.1, -0.05) is 26.0 Å². The molecule has 0 bridgehead atoms. The summed E-state index contributed by atoms with van der Waals surface area (Å²) in [5.74, 6) is 1.69. The number of para-hydroxylation sites is 2. The first-order valence-electron chi connectivity index (χ1n) is 6.18. The van der Waals surface area contributed by atoms with E-state index in [0.29, 0.717) is 13.2 Å². The van der Waals surface area contributed by atoms with Crippen LogP contribution in [0.4, 0.5) is 0 Å². The molecular weight excluding hydrogens is 214 g/mol. The lowest BCUT2D eigenvalue weighted by Crippen LogP contribution is -2.43. The molecule has 0 saturated heterocycles.